The number of hydrogen-bond donors (Lipinski definition) is 1. The molecule has 0 saturated carbocycles. The number of ether oxygens (including phenoxy) is 1. The molecule has 2 aliphatic rings. The third kappa shape index (κ3) is 6.57. The number of piperazine rings is 1. The number of Topliss-reactive ketones (excluding diaryl/α,β-unsaturated/α-hetero) is 1. The molecule has 1 N–H and O–H groups in total. The number of benzene rings is 2. The third-order valence-electron chi connectivity index (χ3n) is 8.73. The lowest BCUT2D eigenvalue weighted by molar-refractivity contribution is -0.134. The fourth-order valence-corrected chi connectivity index (χ4v) is 7.30. The Balaban J connectivity index is 1.01. The van der Waals surface area contributed by atoms with Crippen molar-refractivity contribution >= 4 is 56.0 Å². The van der Waals surface area contributed by atoms with Gasteiger partial charge in [-0.05, 0) is 36.3 Å². The summed E-state index contributed by atoms with van der Waals surface area (Å²) in [5, 5.41) is 8.29. The Morgan fingerprint density at radius 1 is 0.957 bits per heavy atom. The summed E-state index contributed by atoms with van der Waals surface area (Å²) in [5.41, 5.74) is 4.53. The van der Waals surface area contributed by atoms with Gasteiger partial charge in [0.15, 0.2) is 17.4 Å². The molecule has 5 heterocycles. The minimum Gasteiger partial charge on any atom is -0.378 e. The van der Waals surface area contributed by atoms with Gasteiger partial charge in [-0.1, -0.05) is 42.5 Å². The molecule has 3 aromatic heterocycles. The van der Waals surface area contributed by atoms with Gasteiger partial charge in [-0.3, -0.25) is 19.6 Å². The van der Waals surface area contributed by atoms with E-state index < -0.39 is 0 Å². The lowest BCUT2D eigenvalue weighted by atomic mass is 10.0. The van der Waals surface area contributed by atoms with E-state index in [1.54, 1.807) is 11.3 Å². The number of amides is 1. The maximum Gasteiger partial charge on any atom is 0.223 e. The quantitative estimate of drug-likeness (QED) is 0.221. The zero-order chi connectivity index (χ0) is 31.5. The number of thiophene rings is 1. The van der Waals surface area contributed by atoms with Crippen LogP contribution in [0.15, 0.2) is 66.4 Å². The van der Waals surface area contributed by atoms with Gasteiger partial charge in [-0.2, -0.15) is 5.10 Å². The molecule has 10 nitrogen and oxygen atoms in total. The average Bonchev–Trinajstić information content (AvgIpc) is 3.74. The lowest BCUT2D eigenvalue weighted by Crippen LogP contribution is -2.48. The molecule has 2 fully saturated rings. The Kier molecular flexibility index (Phi) is 8.87. The van der Waals surface area contributed by atoms with Crippen LogP contribution >= 0.6 is 11.3 Å². The van der Waals surface area contributed by atoms with Crippen molar-refractivity contribution in [2.24, 2.45) is 0 Å². The van der Waals surface area contributed by atoms with Crippen molar-refractivity contribution < 1.29 is 14.3 Å². The van der Waals surface area contributed by atoms with E-state index in [4.69, 9.17) is 14.7 Å². The number of anilines is 1. The molecule has 2 saturated heterocycles. The van der Waals surface area contributed by atoms with Crippen LogP contribution in [-0.2, 0) is 20.9 Å². The van der Waals surface area contributed by atoms with Crippen LogP contribution in [0.2, 0.25) is 0 Å². The maximum absolute atomic E-state index is 13.0. The summed E-state index contributed by atoms with van der Waals surface area (Å²) in [6.45, 7) is 8.45. The number of nitrogens with one attached hydrogen (secondary N) is 1. The topological polar surface area (TPSA) is 108 Å². The fraction of sp³-hybridized carbons (Fsp3) is 0.343. The largest absolute Gasteiger partial charge is 0.378 e. The molecule has 5 aromatic rings. The molecule has 0 spiro atoms. The number of rotatable bonds is 9. The van der Waals surface area contributed by atoms with Crippen LogP contribution in [0, 0.1) is 0 Å². The summed E-state index contributed by atoms with van der Waals surface area (Å²) in [6, 6.07) is 18.0. The van der Waals surface area contributed by atoms with Gasteiger partial charge in [0.2, 0.25) is 5.91 Å². The Bertz CT molecular complexity index is 1890. The highest BCUT2D eigenvalue weighted by molar-refractivity contribution is 7.19. The van der Waals surface area contributed by atoms with Crippen molar-refractivity contribution in [3.8, 4) is 11.4 Å². The number of aromatic nitrogens is 4. The van der Waals surface area contributed by atoms with Crippen molar-refractivity contribution in [2.75, 3.05) is 57.4 Å². The Morgan fingerprint density at radius 3 is 2.57 bits per heavy atom. The van der Waals surface area contributed by atoms with Gasteiger partial charge in [0.25, 0.3) is 0 Å². The number of ketones is 1. The molecule has 0 aliphatic carbocycles. The van der Waals surface area contributed by atoms with Gasteiger partial charge in [0.1, 0.15) is 0 Å². The van der Waals surface area contributed by atoms with E-state index in [-0.39, 0.29) is 24.5 Å². The molecular weight excluding hydrogens is 598 g/mol. The minimum absolute atomic E-state index is 0.0183. The van der Waals surface area contributed by atoms with Gasteiger partial charge in [-0.25, -0.2) is 9.97 Å². The predicted molar refractivity (Wildman–Crippen MR) is 182 cm³/mol. The molecular formula is C35H37N7O3S. The molecule has 0 unspecified atom stereocenters. The van der Waals surface area contributed by atoms with Crippen LogP contribution in [-0.4, -0.2) is 94.1 Å². The first-order valence-corrected chi connectivity index (χ1v) is 16.7. The molecule has 46 heavy (non-hydrogen) atoms. The van der Waals surface area contributed by atoms with Crippen molar-refractivity contribution in [3.63, 3.8) is 0 Å². The second-order valence-corrected chi connectivity index (χ2v) is 13.0. The highest BCUT2D eigenvalue weighted by Gasteiger charge is 2.24. The van der Waals surface area contributed by atoms with Crippen molar-refractivity contribution in [2.45, 2.75) is 26.3 Å². The summed E-state index contributed by atoms with van der Waals surface area (Å²) < 4.78 is 6.73. The number of fused-ring (bicyclic) bond motifs is 2. The number of aromatic amines is 1. The van der Waals surface area contributed by atoms with Crippen molar-refractivity contribution in [3.05, 3.63) is 76.8 Å². The van der Waals surface area contributed by atoms with E-state index in [9.17, 15) is 9.59 Å². The summed E-state index contributed by atoms with van der Waals surface area (Å²) in [4.78, 5) is 43.6. The normalized spacial score (nSPS) is 16.4. The zero-order valence-electron chi connectivity index (χ0n) is 25.9. The number of allylic oxidation sites excluding steroid dienone is 1. The summed E-state index contributed by atoms with van der Waals surface area (Å²) in [7, 11) is 0. The first kappa shape index (κ1) is 30.2. The van der Waals surface area contributed by atoms with E-state index >= 15 is 0 Å². The molecule has 0 radical (unpaired) electrons. The SMILES string of the molecule is CC(=Cc1ccccc1)C(=O)CCC(=O)N1CCN(Cc2cc3nc(-c4cccc5[nH]ncc45)nc(N4CCOCC4)c3s2)CC1. The summed E-state index contributed by atoms with van der Waals surface area (Å²) >= 11 is 1.75. The summed E-state index contributed by atoms with van der Waals surface area (Å²) in [5.74, 6) is 1.72. The van der Waals surface area contributed by atoms with Gasteiger partial charge < -0.3 is 14.5 Å². The highest BCUT2D eigenvalue weighted by Crippen LogP contribution is 2.36. The molecule has 2 aliphatic heterocycles. The maximum atomic E-state index is 13.0. The van der Waals surface area contributed by atoms with Crippen LogP contribution in [0.1, 0.15) is 30.2 Å². The summed E-state index contributed by atoms with van der Waals surface area (Å²) in [6.07, 6.45) is 4.19. The van der Waals surface area contributed by atoms with Gasteiger partial charge in [0, 0.05) is 74.5 Å². The standard InChI is InChI=1S/C35H37N7O3S/c1-24(20-25-6-3-2-4-7-25)31(43)10-11-32(44)41-14-12-40(13-15-41)23-26-21-30-33(46-26)35(42-16-18-45-19-17-42)38-34(37-30)27-8-5-9-29-28(27)22-36-39-29/h2-9,20-22H,10-19,23H2,1H3,(H,36,39). The molecule has 0 atom stereocenters. The van der Waals surface area contributed by atoms with E-state index in [0.29, 0.717) is 37.7 Å². The van der Waals surface area contributed by atoms with Crippen molar-refractivity contribution in [1.29, 1.82) is 0 Å². The fourth-order valence-electron chi connectivity index (χ4n) is 6.15. The molecule has 7 rings (SSSR count). The average molecular weight is 636 g/mol. The zero-order valence-corrected chi connectivity index (χ0v) is 26.8. The van der Waals surface area contributed by atoms with Crippen LogP contribution in [0.5, 0.6) is 0 Å². The smallest absolute Gasteiger partial charge is 0.223 e. The van der Waals surface area contributed by atoms with Crippen molar-refractivity contribution in [1.82, 2.24) is 30.0 Å². The van der Waals surface area contributed by atoms with E-state index in [1.165, 1.54) is 4.88 Å². The number of H-pyrrole nitrogens is 1. The second kappa shape index (κ2) is 13.5. The molecule has 1 amide bonds. The van der Waals surface area contributed by atoms with E-state index in [1.807, 2.05) is 66.6 Å². The van der Waals surface area contributed by atoms with Crippen LogP contribution in [0.4, 0.5) is 5.82 Å². The minimum atomic E-state index is 0.0183. The molecule has 0 bridgehead atoms. The van der Waals surface area contributed by atoms with Gasteiger partial charge in [-0.15, -0.1) is 11.3 Å². The number of carbonyl (C=O) groups is 2. The van der Waals surface area contributed by atoms with E-state index in [0.717, 1.165) is 70.8 Å². The number of hydrogen-bond acceptors (Lipinski definition) is 9. The van der Waals surface area contributed by atoms with Crippen LogP contribution < -0.4 is 4.90 Å². The molecule has 2 aromatic carbocycles. The monoisotopic (exact) mass is 635 g/mol. The molecule has 11 heteroatoms. The Hall–Kier alpha value is -4.45. The highest BCUT2D eigenvalue weighted by atomic mass is 32.1. The molecule has 236 valence electrons. The number of morpholine rings is 1. The lowest BCUT2D eigenvalue weighted by Gasteiger charge is -2.34. The first-order chi connectivity index (χ1) is 22.5. The first-order valence-electron chi connectivity index (χ1n) is 15.8. The second-order valence-electron chi connectivity index (χ2n) is 11.9. The predicted octanol–water partition coefficient (Wildman–Crippen LogP) is 5.17. The van der Waals surface area contributed by atoms with E-state index in [2.05, 4.69) is 32.1 Å². The Labute approximate surface area is 271 Å². The number of nitrogens with zero attached hydrogens (tertiary/aromatic N) is 6. The van der Waals surface area contributed by atoms with Gasteiger partial charge >= 0.3 is 0 Å². The third-order valence-corrected chi connectivity index (χ3v) is 9.84. The Morgan fingerprint density at radius 2 is 1.76 bits per heavy atom. The van der Waals surface area contributed by atoms with Crippen LogP contribution in [0.3, 0.4) is 0 Å². The number of carbonyl (C=O) groups excluding carboxylic acids is 2. The van der Waals surface area contributed by atoms with Gasteiger partial charge in [0.05, 0.1) is 35.1 Å². The van der Waals surface area contributed by atoms with Crippen LogP contribution in [0.25, 0.3) is 38.6 Å².